The SMILES string of the molecule is [2H]c1c([2H])c(N(c2ccc(-c3ccc4ccccc4c3-c3ccccc3)cc2)c2c([2H])c([2H])c(-c3ccc4ccccc4c3)c([2H])c2[2H])c([2H])c([2H])c1-c1ccccc1. The normalized spacial score (nSPS) is 13.3. The minimum absolute atomic E-state index is 0.119. The van der Waals surface area contributed by atoms with Crippen molar-refractivity contribution in [2.24, 2.45) is 0 Å². The van der Waals surface area contributed by atoms with Gasteiger partial charge in [0.05, 0.1) is 11.0 Å². The van der Waals surface area contributed by atoms with Crippen LogP contribution in [0.1, 0.15) is 11.0 Å². The molecule has 0 fully saturated rings. The summed E-state index contributed by atoms with van der Waals surface area (Å²) < 4.78 is 74.6. The van der Waals surface area contributed by atoms with Crippen LogP contribution in [0.25, 0.3) is 66.1 Å². The van der Waals surface area contributed by atoms with E-state index in [2.05, 4.69) is 36.4 Å². The summed E-state index contributed by atoms with van der Waals surface area (Å²) in [7, 11) is 0. The van der Waals surface area contributed by atoms with E-state index in [1.54, 1.807) is 42.5 Å². The summed E-state index contributed by atoms with van der Waals surface area (Å²) in [6.07, 6.45) is 0. The van der Waals surface area contributed by atoms with Crippen molar-refractivity contribution in [3.05, 3.63) is 212 Å². The molecule has 240 valence electrons. The fourth-order valence-electron chi connectivity index (χ4n) is 6.66. The molecule has 0 bridgehead atoms. The highest BCUT2D eigenvalue weighted by Crippen LogP contribution is 2.41. The lowest BCUT2D eigenvalue weighted by atomic mass is 9.90. The molecule has 0 amide bonds. The van der Waals surface area contributed by atoms with Gasteiger partial charge in [-0.15, -0.1) is 0 Å². The molecule has 0 aliphatic heterocycles. The molecule has 0 heterocycles. The van der Waals surface area contributed by atoms with Gasteiger partial charge in [0.25, 0.3) is 0 Å². The van der Waals surface area contributed by atoms with Gasteiger partial charge in [0.15, 0.2) is 0 Å². The van der Waals surface area contributed by atoms with E-state index in [1.165, 1.54) is 4.90 Å². The van der Waals surface area contributed by atoms with Gasteiger partial charge in [-0.2, -0.15) is 0 Å². The Morgan fingerprint density at radius 1 is 0.314 bits per heavy atom. The van der Waals surface area contributed by atoms with Gasteiger partial charge in [-0.1, -0.05) is 170 Å². The Morgan fingerprint density at radius 3 is 1.49 bits per heavy atom. The summed E-state index contributed by atoms with van der Waals surface area (Å²) in [5, 5.41) is 4.03. The zero-order chi connectivity index (χ0) is 40.9. The van der Waals surface area contributed by atoms with E-state index in [-0.39, 0.29) is 70.8 Å². The van der Waals surface area contributed by atoms with Crippen molar-refractivity contribution in [1.29, 1.82) is 0 Å². The lowest BCUT2D eigenvalue weighted by molar-refractivity contribution is 1.28. The van der Waals surface area contributed by atoms with Crippen LogP contribution in [0.2, 0.25) is 0 Å². The van der Waals surface area contributed by atoms with Crippen molar-refractivity contribution in [2.75, 3.05) is 4.90 Å². The first kappa shape index (κ1) is 22.8. The van der Waals surface area contributed by atoms with Crippen LogP contribution in [0.4, 0.5) is 17.1 Å². The second-order valence-electron chi connectivity index (χ2n) is 12.3. The fraction of sp³-hybridized carbons (Fsp3) is 0. The van der Waals surface area contributed by atoms with Crippen molar-refractivity contribution in [1.82, 2.24) is 0 Å². The summed E-state index contributed by atoms with van der Waals surface area (Å²) in [4.78, 5) is 1.35. The van der Waals surface area contributed by atoms with Crippen LogP contribution in [-0.2, 0) is 0 Å². The van der Waals surface area contributed by atoms with Gasteiger partial charge in [-0.3, -0.25) is 0 Å². The lowest BCUT2D eigenvalue weighted by Gasteiger charge is -2.26. The molecule has 0 unspecified atom stereocenters. The average Bonchev–Trinajstić information content (AvgIpc) is 3.27. The zero-order valence-electron chi connectivity index (χ0n) is 35.5. The number of fused-ring (bicyclic) bond motifs is 2. The minimum Gasteiger partial charge on any atom is -0.311 e. The van der Waals surface area contributed by atoms with Gasteiger partial charge in [0.2, 0.25) is 0 Å². The summed E-state index contributed by atoms with van der Waals surface area (Å²) in [5.41, 5.74) is 5.15. The Hall–Kier alpha value is -6.70. The number of rotatable bonds is 7. The van der Waals surface area contributed by atoms with E-state index < -0.39 is 0 Å². The standard InChI is InChI=1S/C50H35N/c1-3-11-36(12-4-1)38-21-28-45(29-22-38)51(46-30-23-39(24-31-46)44-20-19-37-13-7-8-17-43(37)35-44)47-32-25-41(26-33-47)49-34-27-40-14-9-10-18-48(40)50(49)42-15-5-2-6-16-42/h1-35H/i21D,22D,23D,24D,28D,29D,30D,31D. The first-order valence-corrected chi connectivity index (χ1v) is 16.9. The highest BCUT2D eigenvalue weighted by atomic mass is 15.1. The smallest absolute Gasteiger partial charge is 0.0645 e. The van der Waals surface area contributed by atoms with Crippen LogP contribution in [0.15, 0.2) is 212 Å². The van der Waals surface area contributed by atoms with Crippen LogP contribution >= 0.6 is 0 Å². The Labute approximate surface area is 310 Å². The largest absolute Gasteiger partial charge is 0.311 e. The molecule has 0 radical (unpaired) electrons. The third-order valence-electron chi connectivity index (χ3n) is 9.20. The summed E-state index contributed by atoms with van der Waals surface area (Å²) in [6.45, 7) is 0. The molecular formula is C50H35N. The molecule has 0 atom stereocenters. The number of hydrogen-bond donors (Lipinski definition) is 0. The molecule has 0 aliphatic carbocycles. The molecule has 9 aromatic rings. The van der Waals surface area contributed by atoms with Crippen LogP contribution in [0.3, 0.4) is 0 Å². The molecule has 0 N–H and O–H groups in total. The van der Waals surface area contributed by atoms with Crippen molar-refractivity contribution >= 4 is 38.6 Å². The molecule has 51 heavy (non-hydrogen) atoms. The molecular weight excluding hydrogens is 615 g/mol. The number of anilines is 3. The first-order valence-electron chi connectivity index (χ1n) is 20.9. The van der Waals surface area contributed by atoms with E-state index >= 15 is 0 Å². The minimum atomic E-state index is -0.386. The third kappa shape index (κ3) is 5.96. The quantitative estimate of drug-likeness (QED) is 0.165. The molecule has 0 saturated carbocycles. The van der Waals surface area contributed by atoms with Gasteiger partial charge in [-0.25, -0.2) is 0 Å². The summed E-state index contributed by atoms with van der Waals surface area (Å²) >= 11 is 0. The van der Waals surface area contributed by atoms with E-state index in [9.17, 15) is 8.22 Å². The summed E-state index contributed by atoms with van der Waals surface area (Å²) in [6, 6.07) is 49.2. The molecule has 0 aromatic heterocycles. The van der Waals surface area contributed by atoms with Gasteiger partial charge in [0, 0.05) is 17.1 Å². The first-order chi connectivity index (χ1) is 28.6. The Bertz CT molecular complexity index is 3020. The number of hydrogen-bond acceptors (Lipinski definition) is 1. The molecule has 0 aliphatic rings. The number of nitrogens with zero attached hydrogens (tertiary/aromatic N) is 1. The van der Waals surface area contributed by atoms with Gasteiger partial charge >= 0.3 is 0 Å². The topological polar surface area (TPSA) is 3.24 Å². The van der Waals surface area contributed by atoms with E-state index in [0.717, 1.165) is 43.8 Å². The monoisotopic (exact) mass is 657 g/mol. The van der Waals surface area contributed by atoms with Crippen molar-refractivity contribution in [3.8, 4) is 44.5 Å². The Balaban J connectivity index is 1.27. The van der Waals surface area contributed by atoms with Crippen molar-refractivity contribution in [3.63, 3.8) is 0 Å². The predicted octanol–water partition coefficient (Wildman–Crippen LogP) is 14.1. The zero-order valence-corrected chi connectivity index (χ0v) is 27.5. The van der Waals surface area contributed by atoms with Crippen LogP contribution in [0, 0.1) is 0 Å². The van der Waals surface area contributed by atoms with Crippen LogP contribution < -0.4 is 4.90 Å². The maximum absolute atomic E-state index is 9.47. The van der Waals surface area contributed by atoms with Crippen molar-refractivity contribution in [2.45, 2.75) is 0 Å². The molecule has 0 spiro atoms. The van der Waals surface area contributed by atoms with E-state index in [4.69, 9.17) is 2.74 Å². The second-order valence-corrected chi connectivity index (χ2v) is 12.3. The third-order valence-corrected chi connectivity index (χ3v) is 9.20. The lowest BCUT2D eigenvalue weighted by Crippen LogP contribution is -2.09. The molecule has 0 saturated heterocycles. The average molecular weight is 658 g/mol. The van der Waals surface area contributed by atoms with Gasteiger partial charge < -0.3 is 4.90 Å². The highest BCUT2D eigenvalue weighted by molar-refractivity contribution is 6.04. The highest BCUT2D eigenvalue weighted by Gasteiger charge is 2.16. The van der Waals surface area contributed by atoms with Crippen molar-refractivity contribution < 1.29 is 11.0 Å². The van der Waals surface area contributed by atoms with Crippen LogP contribution in [0.5, 0.6) is 0 Å². The number of benzene rings is 9. The molecule has 9 rings (SSSR count). The van der Waals surface area contributed by atoms with Crippen LogP contribution in [-0.4, -0.2) is 0 Å². The fourth-order valence-corrected chi connectivity index (χ4v) is 6.66. The predicted molar refractivity (Wildman–Crippen MR) is 218 cm³/mol. The molecule has 1 heteroatoms. The van der Waals surface area contributed by atoms with E-state index in [0.29, 0.717) is 16.8 Å². The maximum atomic E-state index is 9.47. The Morgan fingerprint density at radius 2 is 0.824 bits per heavy atom. The maximum Gasteiger partial charge on any atom is 0.0645 e. The summed E-state index contributed by atoms with van der Waals surface area (Å²) in [5.74, 6) is 0. The molecule has 9 aromatic carbocycles. The second kappa shape index (κ2) is 13.3. The van der Waals surface area contributed by atoms with Gasteiger partial charge in [-0.05, 0) is 108 Å². The van der Waals surface area contributed by atoms with E-state index in [1.807, 2.05) is 84.9 Å². The molecule has 1 nitrogen and oxygen atoms in total. The Kier molecular flexibility index (Phi) is 5.96. The van der Waals surface area contributed by atoms with Gasteiger partial charge in [0.1, 0.15) is 0 Å².